The Kier molecular flexibility index (Phi) is 5.94. The first-order valence-corrected chi connectivity index (χ1v) is 10.8. The van der Waals surface area contributed by atoms with Crippen molar-refractivity contribution in [3.8, 4) is 0 Å². The van der Waals surface area contributed by atoms with Crippen LogP contribution in [0.3, 0.4) is 0 Å². The fraction of sp³-hybridized carbons (Fsp3) is 0.529. The van der Waals surface area contributed by atoms with Crippen LogP contribution in [0.15, 0.2) is 24.9 Å². The van der Waals surface area contributed by atoms with E-state index in [9.17, 15) is 13.2 Å². The smallest absolute Gasteiger partial charge is 0.254 e. The zero-order valence-electron chi connectivity index (χ0n) is 16.2. The molecule has 0 saturated carbocycles. The first kappa shape index (κ1) is 20.2. The lowest BCUT2D eigenvalue weighted by Crippen LogP contribution is -2.30. The number of aromatic nitrogens is 4. The standard InChI is InChI=1S/C17H25N7O3S/c1-22(2)17-20-10-14(16(25)19-6-9-23-8-5-18-12-23)15(21-17)13-4-7-24(11-13)28(3,26)27/h5,8,10,12-13H,4,6-7,9,11H2,1-3H3,(H,19,25). The van der Waals surface area contributed by atoms with Crippen LogP contribution in [0.4, 0.5) is 5.95 Å². The topological polar surface area (TPSA) is 113 Å². The number of nitrogens with one attached hydrogen (secondary N) is 1. The van der Waals surface area contributed by atoms with E-state index in [1.165, 1.54) is 16.8 Å². The summed E-state index contributed by atoms with van der Waals surface area (Å²) < 4.78 is 27.0. The number of carbonyl (C=O) groups is 1. The van der Waals surface area contributed by atoms with Crippen LogP contribution >= 0.6 is 0 Å². The van der Waals surface area contributed by atoms with Gasteiger partial charge < -0.3 is 14.8 Å². The van der Waals surface area contributed by atoms with Crippen LogP contribution in [0.1, 0.15) is 28.4 Å². The molecule has 0 aliphatic carbocycles. The van der Waals surface area contributed by atoms with E-state index in [0.29, 0.717) is 49.8 Å². The summed E-state index contributed by atoms with van der Waals surface area (Å²) >= 11 is 0. The lowest BCUT2D eigenvalue weighted by atomic mass is 10.00. The van der Waals surface area contributed by atoms with Crippen LogP contribution in [-0.4, -0.2) is 78.1 Å². The third kappa shape index (κ3) is 4.65. The van der Waals surface area contributed by atoms with Gasteiger partial charge in [0, 0.05) is 64.8 Å². The Morgan fingerprint density at radius 1 is 1.39 bits per heavy atom. The summed E-state index contributed by atoms with van der Waals surface area (Å²) in [7, 11) is 0.370. The van der Waals surface area contributed by atoms with Gasteiger partial charge in [0.2, 0.25) is 16.0 Å². The number of hydrogen-bond acceptors (Lipinski definition) is 7. The van der Waals surface area contributed by atoms with Gasteiger partial charge in [0.1, 0.15) is 0 Å². The van der Waals surface area contributed by atoms with Crippen LogP contribution in [0.25, 0.3) is 0 Å². The predicted octanol–water partition coefficient (Wildman–Crippen LogP) is -0.0820. The molecule has 2 aromatic heterocycles. The number of anilines is 1. The first-order valence-electron chi connectivity index (χ1n) is 8.99. The van der Waals surface area contributed by atoms with Gasteiger partial charge in [-0.15, -0.1) is 0 Å². The molecule has 11 heteroatoms. The Labute approximate surface area is 164 Å². The molecule has 1 fully saturated rings. The van der Waals surface area contributed by atoms with E-state index in [-0.39, 0.29) is 11.8 Å². The van der Waals surface area contributed by atoms with Crippen molar-refractivity contribution in [2.45, 2.75) is 18.9 Å². The highest BCUT2D eigenvalue weighted by Gasteiger charge is 2.33. The van der Waals surface area contributed by atoms with E-state index in [0.717, 1.165) is 0 Å². The minimum atomic E-state index is -3.27. The summed E-state index contributed by atoms with van der Waals surface area (Å²) in [5.74, 6) is 0.0758. The minimum Gasteiger partial charge on any atom is -0.350 e. The Balaban J connectivity index is 1.79. The number of carbonyl (C=O) groups excluding carboxylic acids is 1. The van der Waals surface area contributed by atoms with Crippen LogP contribution in [0.2, 0.25) is 0 Å². The van der Waals surface area contributed by atoms with E-state index in [4.69, 9.17) is 0 Å². The minimum absolute atomic E-state index is 0.147. The summed E-state index contributed by atoms with van der Waals surface area (Å²) in [6.07, 6.45) is 8.53. The molecule has 3 rings (SSSR count). The third-order valence-electron chi connectivity index (χ3n) is 4.67. The second-order valence-electron chi connectivity index (χ2n) is 7.03. The normalized spacial score (nSPS) is 17.6. The lowest BCUT2D eigenvalue weighted by molar-refractivity contribution is 0.0950. The van der Waals surface area contributed by atoms with Crippen LogP contribution in [0, 0.1) is 0 Å². The molecule has 3 heterocycles. The molecular formula is C17H25N7O3S. The van der Waals surface area contributed by atoms with Crippen molar-refractivity contribution in [1.29, 1.82) is 0 Å². The fourth-order valence-electron chi connectivity index (χ4n) is 3.15. The maximum absolute atomic E-state index is 12.7. The Hall–Kier alpha value is -2.53. The van der Waals surface area contributed by atoms with E-state index in [2.05, 4.69) is 20.3 Å². The highest BCUT2D eigenvalue weighted by Crippen LogP contribution is 2.30. The average Bonchev–Trinajstić information content (AvgIpc) is 3.32. The quantitative estimate of drug-likeness (QED) is 0.683. The molecule has 152 valence electrons. The van der Waals surface area contributed by atoms with Gasteiger partial charge in [0.25, 0.3) is 5.91 Å². The van der Waals surface area contributed by atoms with E-state index in [1.807, 2.05) is 24.9 Å². The predicted molar refractivity (Wildman–Crippen MR) is 105 cm³/mol. The van der Waals surface area contributed by atoms with Gasteiger partial charge >= 0.3 is 0 Å². The Bertz CT molecular complexity index is 928. The molecule has 1 saturated heterocycles. The van der Waals surface area contributed by atoms with E-state index >= 15 is 0 Å². The summed E-state index contributed by atoms with van der Waals surface area (Å²) in [5.41, 5.74) is 0.974. The van der Waals surface area contributed by atoms with Crippen molar-refractivity contribution >= 4 is 21.9 Å². The number of imidazole rings is 1. The van der Waals surface area contributed by atoms with Crippen molar-refractivity contribution in [3.63, 3.8) is 0 Å². The van der Waals surface area contributed by atoms with E-state index in [1.54, 1.807) is 17.4 Å². The summed E-state index contributed by atoms with van der Waals surface area (Å²) in [4.78, 5) is 27.3. The summed E-state index contributed by atoms with van der Waals surface area (Å²) in [6, 6.07) is 0. The van der Waals surface area contributed by atoms with Crippen LogP contribution < -0.4 is 10.2 Å². The molecule has 28 heavy (non-hydrogen) atoms. The molecule has 1 N–H and O–H groups in total. The Morgan fingerprint density at radius 2 is 2.18 bits per heavy atom. The van der Waals surface area contributed by atoms with Gasteiger partial charge in [-0.2, -0.15) is 0 Å². The lowest BCUT2D eigenvalue weighted by Gasteiger charge is -2.18. The number of hydrogen-bond donors (Lipinski definition) is 1. The molecule has 0 radical (unpaired) electrons. The second-order valence-corrected chi connectivity index (χ2v) is 9.01. The van der Waals surface area contributed by atoms with Crippen molar-refractivity contribution in [2.24, 2.45) is 0 Å². The first-order chi connectivity index (χ1) is 13.3. The summed E-state index contributed by atoms with van der Waals surface area (Å²) in [6.45, 7) is 1.78. The van der Waals surface area contributed by atoms with Gasteiger partial charge in [-0.3, -0.25) is 4.79 Å². The molecule has 2 aromatic rings. The summed E-state index contributed by atoms with van der Waals surface area (Å²) in [5, 5.41) is 2.88. The largest absolute Gasteiger partial charge is 0.350 e. The van der Waals surface area contributed by atoms with Gasteiger partial charge in [0.05, 0.1) is 23.8 Å². The highest BCUT2D eigenvalue weighted by atomic mass is 32.2. The molecule has 1 aliphatic rings. The number of nitrogens with zero attached hydrogens (tertiary/aromatic N) is 6. The molecular weight excluding hydrogens is 382 g/mol. The van der Waals surface area contributed by atoms with Gasteiger partial charge in [-0.1, -0.05) is 0 Å². The second kappa shape index (κ2) is 8.23. The van der Waals surface area contributed by atoms with E-state index < -0.39 is 10.0 Å². The van der Waals surface area contributed by atoms with Crippen LogP contribution in [0.5, 0.6) is 0 Å². The van der Waals surface area contributed by atoms with Gasteiger partial charge in [-0.05, 0) is 6.42 Å². The van der Waals surface area contributed by atoms with Gasteiger partial charge in [-0.25, -0.2) is 27.7 Å². The Morgan fingerprint density at radius 3 is 2.79 bits per heavy atom. The molecule has 1 atom stereocenters. The average molecular weight is 408 g/mol. The van der Waals surface area contributed by atoms with Crippen molar-refractivity contribution < 1.29 is 13.2 Å². The van der Waals surface area contributed by atoms with Crippen molar-refractivity contribution in [1.82, 2.24) is 29.1 Å². The number of amides is 1. The zero-order chi connectivity index (χ0) is 20.3. The molecule has 0 bridgehead atoms. The molecule has 1 aliphatic heterocycles. The zero-order valence-corrected chi connectivity index (χ0v) is 17.1. The maximum Gasteiger partial charge on any atom is 0.254 e. The van der Waals surface area contributed by atoms with Crippen molar-refractivity contribution in [3.05, 3.63) is 36.2 Å². The fourth-order valence-corrected chi connectivity index (χ4v) is 4.04. The van der Waals surface area contributed by atoms with Crippen LogP contribution in [-0.2, 0) is 16.6 Å². The SMILES string of the molecule is CN(C)c1ncc(C(=O)NCCn2ccnc2)c(C2CCN(S(C)(=O)=O)C2)n1. The molecule has 0 aromatic carbocycles. The molecule has 0 spiro atoms. The molecule has 1 amide bonds. The van der Waals surface area contributed by atoms with Gasteiger partial charge in [0.15, 0.2) is 0 Å². The monoisotopic (exact) mass is 407 g/mol. The number of rotatable bonds is 7. The maximum atomic E-state index is 12.7. The molecule has 1 unspecified atom stereocenters. The number of sulfonamides is 1. The third-order valence-corrected chi connectivity index (χ3v) is 5.94. The molecule has 10 nitrogen and oxygen atoms in total. The van der Waals surface area contributed by atoms with Crippen molar-refractivity contribution in [2.75, 3.05) is 44.9 Å². The highest BCUT2D eigenvalue weighted by molar-refractivity contribution is 7.88.